The zero-order chi connectivity index (χ0) is 18.9. The minimum Gasteiger partial charge on any atom is -0.497 e. The normalized spacial score (nSPS) is 18.7. The molecule has 2 unspecified atom stereocenters. The second-order valence-corrected chi connectivity index (χ2v) is 6.51. The molecule has 1 aliphatic rings. The summed E-state index contributed by atoms with van der Waals surface area (Å²) in [5.41, 5.74) is 0.888. The molecule has 6 nitrogen and oxygen atoms in total. The number of hydrogen-bond acceptors (Lipinski definition) is 4. The van der Waals surface area contributed by atoms with Crippen LogP contribution < -0.4 is 15.4 Å². The first-order chi connectivity index (χ1) is 12.5. The Kier molecular flexibility index (Phi) is 7.66. The van der Waals surface area contributed by atoms with Crippen molar-refractivity contribution in [1.29, 1.82) is 0 Å². The first kappa shape index (κ1) is 20.0. The van der Waals surface area contributed by atoms with Crippen LogP contribution in [0.4, 0.5) is 0 Å². The number of nitrogens with one attached hydrogen (secondary N) is 2. The van der Waals surface area contributed by atoms with Gasteiger partial charge in [-0.25, -0.2) is 0 Å². The van der Waals surface area contributed by atoms with Crippen LogP contribution in [-0.4, -0.2) is 55.5 Å². The maximum atomic E-state index is 12.2. The second-order valence-electron chi connectivity index (χ2n) is 6.51. The molecule has 0 bridgehead atoms. The minimum absolute atomic E-state index is 0.154. The molecule has 2 amide bonds. The molecule has 26 heavy (non-hydrogen) atoms. The zero-order valence-corrected chi connectivity index (χ0v) is 15.8. The standard InChI is InChI=1S/C20H29N3O3/c1-4-23-13-5-6-17(23)14-21-20(25)15(2)22-19(24)12-9-16-7-10-18(26-3)11-8-16/h7-12,15,17H,4-6,13-14H2,1-3H3,(H,21,25)(H,22,24)/b12-9+. The predicted octanol–water partition coefficient (Wildman–Crippen LogP) is 1.81. The van der Waals surface area contributed by atoms with Gasteiger partial charge in [-0.3, -0.25) is 14.5 Å². The third-order valence-electron chi connectivity index (χ3n) is 4.71. The van der Waals surface area contributed by atoms with Crippen LogP contribution in [0.5, 0.6) is 5.75 Å². The molecule has 142 valence electrons. The first-order valence-electron chi connectivity index (χ1n) is 9.18. The van der Waals surface area contributed by atoms with E-state index in [1.54, 1.807) is 20.1 Å². The summed E-state index contributed by atoms with van der Waals surface area (Å²) in [6, 6.07) is 7.22. The Morgan fingerprint density at radius 1 is 1.35 bits per heavy atom. The number of ether oxygens (including phenoxy) is 1. The highest BCUT2D eigenvalue weighted by Crippen LogP contribution is 2.15. The lowest BCUT2D eigenvalue weighted by Crippen LogP contribution is -2.48. The molecule has 6 heteroatoms. The Morgan fingerprint density at radius 3 is 2.73 bits per heavy atom. The maximum Gasteiger partial charge on any atom is 0.244 e. The van der Waals surface area contributed by atoms with Gasteiger partial charge in [0.15, 0.2) is 0 Å². The number of amides is 2. The Balaban J connectivity index is 1.76. The summed E-state index contributed by atoms with van der Waals surface area (Å²) < 4.78 is 5.10. The number of carbonyl (C=O) groups is 2. The van der Waals surface area contributed by atoms with Crippen molar-refractivity contribution in [3.05, 3.63) is 35.9 Å². The molecule has 0 aliphatic carbocycles. The molecule has 1 aliphatic heterocycles. The van der Waals surface area contributed by atoms with Crippen molar-refractivity contribution in [3.8, 4) is 5.75 Å². The van der Waals surface area contributed by atoms with Gasteiger partial charge in [-0.15, -0.1) is 0 Å². The molecule has 1 heterocycles. The molecular formula is C20H29N3O3. The molecule has 1 fully saturated rings. The number of carbonyl (C=O) groups excluding carboxylic acids is 2. The molecule has 0 aromatic heterocycles. The Hall–Kier alpha value is -2.34. The highest BCUT2D eigenvalue weighted by atomic mass is 16.5. The van der Waals surface area contributed by atoms with Gasteiger partial charge in [-0.1, -0.05) is 19.1 Å². The monoisotopic (exact) mass is 359 g/mol. The molecule has 2 atom stereocenters. The van der Waals surface area contributed by atoms with Gasteiger partial charge in [-0.2, -0.15) is 0 Å². The van der Waals surface area contributed by atoms with E-state index in [1.165, 1.54) is 12.5 Å². The van der Waals surface area contributed by atoms with Gasteiger partial charge >= 0.3 is 0 Å². The van der Waals surface area contributed by atoms with Gasteiger partial charge < -0.3 is 15.4 Å². The number of nitrogens with zero attached hydrogens (tertiary/aromatic N) is 1. The minimum atomic E-state index is -0.570. The summed E-state index contributed by atoms with van der Waals surface area (Å²) >= 11 is 0. The summed E-state index contributed by atoms with van der Waals surface area (Å²) in [7, 11) is 1.61. The Morgan fingerprint density at radius 2 is 2.08 bits per heavy atom. The fourth-order valence-electron chi connectivity index (χ4n) is 3.13. The van der Waals surface area contributed by atoms with Gasteiger partial charge in [0.05, 0.1) is 7.11 Å². The van der Waals surface area contributed by atoms with E-state index in [4.69, 9.17) is 4.74 Å². The van der Waals surface area contributed by atoms with Crippen molar-refractivity contribution in [3.63, 3.8) is 0 Å². The number of hydrogen-bond donors (Lipinski definition) is 2. The highest BCUT2D eigenvalue weighted by Gasteiger charge is 2.24. The molecule has 1 aromatic carbocycles. The van der Waals surface area contributed by atoms with Gasteiger partial charge in [0.1, 0.15) is 11.8 Å². The lowest BCUT2D eigenvalue weighted by Gasteiger charge is -2.23. The fourth-order valence-corrected chi connectivity index (χ4v) is 3.13. The third kappa shape index (κ3) is 5.88. The van der Waals surface area contributed by atoms with Crippen LogP contribution in [0.2, 0.25) is 0 Å². The van der Waals surface area contributed by atoms with Crippen LogP contribution in [-0.2, 0) is 9.59 Å². The summed E-state index contributed by atoms with van der Waals surface area (Å²) in [5.74, 6) is 0.319. The third-order valence-corrected chi connectivity index (χ3v) is 4.71. The second kappa shape index (κ2) is 9.97. The van der Waals surface area contributed by atoms with Crippen molar-refractivity contribution in [2.24, 2.45) is 0 Å². The van der Waals surface area contributed by atoms with Gasteiger partial charge in [0.2, 0.25) is 11.8 Å². The van der Waals surface area contributed by atoms with Crippen LogP contribution in [0, 0.1) is 0 Å². The van der Waals surface area contributed by atoms with Crippen molar-refractivity contribution >= 4 is 17.9 Å². The van der Waals surface area contributed by atoms with Crippen molar-refractivity contribution in [2.45, 2.75) is 38.8 Å². The first-order valence-corrected chi connectivity index (χ1v) is 9.18. The van der Waals surface area contributed by atoms with Crippen LogP contribution in [0.1, 0.15) is 32.3 Å². The number of benzene rings is 1. The Labute approximate surface area is 155 Å². The van der Waals surface area contributed by atoms with E-state index < -0.39 is 6.04 Å². The van der Waals surface area contributed by atoms with E-state index in [2.05, 4.69) is 22.5 Å². The van der Waals surface area contributed by atoms with Gasteiger partial charge in [-0.05, 0) is 56.6 Å². The Bertz CT molecular complexity index is 628. The van der Waals surface area contributed by atoms with Crippen LogP contribution in [0.15, 0.2) is 30.3 Å². The molecular weight excluding hydrogens is 330 g/mol. The average molecular weight is 359 g/mol. The molecule has 1 aromatic rings. The molecule has 2 rings (SSSR count). The van der Waals surface area contributed by atoms with Crippen LogP contribution >= 0.6 is 0 Å². The van der Waals surface area contributed by atoms with Crippen LogP contribution in [0.3, 0.4) is 0 Å². The van der Waals surface area contributed by atoms with Crippen molar-refractivity contribution in [2.75, 3.05) is 26.7 Å². The van der Waals surface area contributed by atoms with E-state index in [1.807, 2.05) is 24.3 Å². The van der Waals surface area contributed by atoms with E-state index in [9.17, 15) is 9.59 Å². The number of likely N-dealkylation sites (N-methyl/N-ethyl adjacent to an activating group) is 1. The van der Waals surface area contributed by atoms with E-state index >= 15 is 0 Å². The predicted molar refractivity (Wildman–Crippen MR) is 103 cm³/mol. The van der Waals surface area contributed by atoms with Crippen molar-refractivity contribution in [1.82, 2.24) is 15.5 Å². The SMILES string of the molecule is CCN1CCCC1CNC(=O)C(C)NC(=O)/C=C/c1ccc(OC)cc1. The molecule has 0 radical (unpaired) electrons. The molecule has 0 saturated carbocycles. The summed E-state index contributed by atoms with van der Waals surface area (Å²) in [4.78, 5) is 26.6. The average Bonchev–Trinajstić information content (AvgIpc) is 3.12. The highest BCUT2D eigenvalue weighted by molar-refractivity contribution is 5.95. The van der Waals surface area contributed by atoms with E-state index in [-0.39, 0.29) is 11.8 Å². The maximum absolute atomic E-state index is 12.2. The lowest BCUT2D eigenvalue weighted by molar-refractivity contribution is -0.126. The topological polar surface area (TPSA) is 70.7 Å². The summed E-state index contributed by atoms with van der Waals surface area (Å²) in [6.45, 7) is 6.57. The molecule has 2 N–H and O–H groups in total. The largest absolute Gasteiger partial charge is 0.497 e. The van der Waals surface area contributed by atoms with Gasteiger partial charge in [0, 0.05) is 18.7 Å². The quantitative estimate of drug-likeness (QED) is 0.695. The fraction of sp³-hybridized carbons (Fsp3) is 0.500. The summed E-state index contributed by atoms with van der Waals surface area (Å²) in [6.07, 6.45) is 5.43. The smallest absolute Gasteiger partial charge is 0.244 e. The number of rotatable bonds is 8. The van der Waals surface area contributed by atoms with Crippen LogP contribution in [0.25, 0.3) is 6.08 Å². The van der Waals surface area contributed by atoms with E-state index in [0.717, 1.165) is 30.8 Å². The van der Waals surface area contributed by atoms with Gasteiger partial charge in [0.25, 0.3) is 0 Å². The number of methoxy groups -OCH3 is 1. The zero-order valence-electron chi connectivity index (χ0n) is 15.8. The summed E-state index contributed by atoms with van der Waals surface area (Å²) in [5, 5.41) is 5.64. The molecule has 0 spiro atoms. The lowest BCUT2D eigenvalue weighted by atomic mass is 10.2. The number of likely N-dealkylation sites (tertiary alicyclic amines) is 1. The molecule has 1 saturated heterocycles. The van der Waals surface area contributed by atoms with Crippen molar-refractivity contribution < 1.29 is 14.3 Å². The van der Waals surface area contributed by atoms with E-state index in [0.29, 0.717) is 12.6 Å².